The molecule has 10 nitrogen and oxygen atoms in total. The lowest BCUT2D eigenvalue weighted by atomic mass is 10.1. The molecule has 0 saturated carbocycles. The van der Waals surface area contributed by atoms with Gasteiger partial charge in [0.15, 0.2) is 0 Å². The number of pyridine rings is 1. The number of carboxylic acid groups (broad SMARTS) is 1. The van der Waals surface area contributed by atoms with Crippen molar-refractivity contribution >= 4 is 23.6 Å². The Morgan fingerprint density at radius 1 is 1.40 bits per heavy atom. The number of nitrogens with zero attached hydrogens (tertiary/aromatic N) is 4. The van der Waals surface area contributed by atoms with E-state index in [2.05, 4.69) is 4.98 Å². The van der Waals surface area contributed by atoms with Gasteiger partial charge in [-0.15, -0.1) is 0 Å². The minimum Gasteiger partial charge on any atom is -0.480 e. The number of carbonyl (C=O) groups excluding carboxylic acids is 1. The number of aliphatic carboxylic acids is 1. The summed E-state index contributed by atoms with van der Waals surface area (Å²) in [5.74, 6) is -1.23. The molecule has 2 heterocycles. The van der Waals surface area contributed by atoms with Crippen LogP contribution in [0.3, 0.4) is 0 Å². The lowest BCUT2D eigenvalue weighted by molar-refractivity contribution is -0.384. The number of hydrogen-bond acceptors (Lipinski definition) is 7. The van der Waals surface area contributed by atoms with Crippen molar-refractivity contribution < 1.29 is 24.4 Å². The quantitative estimate of drug-likeness (QED) is 0.640. The van der Waals surface area contributed by atoms with Gasteiger partial charge in [0.1, 0.15) is 11.6 Å². The Balaban J connectivity index is 2.25. The average molecular weight is 352 g/mol. The van der Waals surface area contributed by atoms with Gasteiger partial charge in [0.05, 0.1) is 11.5 Å². The van der Waals surface area contributed by atoms with Crippen LogP contribution in [-0.2, 0) is 9.53 Å². The third-order valence-corrected chi connectivity index (χ3v) is 3.55. The number of ether oxygens (including phenoxy) is 1. The Labute approximate surface area is 144 Å². The van der Waals surface area contributed by atoms with E-state index in [4.69, 9.17) is 4.74 Å². The molecule has 1 saturated heterocycles. The van der Waals surface area contributed by atoms with Crippen LogP contribution in [0.25, 0.3) is 0 Å². The smallest absolute Gasteiger partial charge is 0.410 e. The molecule has 1 N–H and O–H groups in total. The van der Waals surface area contributed by atoms with Gasteiger partial charge in [-0.3, -0.25) is 10.1 Å². The van der Waals surface area contributed by atoms with Crippen molar-refractivity contribution in [3.05, 3.63) is 28.4 Å². The first kappa shape index (κ1) is 18.4. The highest BCUT2D eigenvalue weighted by molar-refractivity contribution is 5.81. The molecule has 2 rings (SSSR count). The summed E-state index contributed by atoms with van der Waals surface area (Å²) in [6, 6.07) is 1.52. The number of hydrogen-bond donors (Lipinski definition) is 1. The molecule has 1 fully saturated rings. The van der Waals surface area contributed by atoms with Crippen molar-refractivity contribution in [2.45, 2.75) is 32.4 Å². The summed E-state index contributed by atoms with van der Waals surface area (Å²) in [5, 5.41) is 20.7. The minimum atomic E-state index is -1.20. The van der Waals surface area contributed by atoms with Gasteiger partial charge in [0, 0.05) is 25.4 Å². The first-order valence-corrected chi connectivity index (χ1v) is 7.67. The van der Waals surface area contributed by atoms with Gasteiger partial charge in [-0.1, -0.05) is 0 Å². The molecule has 1 aliphatic rings. The lowest BCUT2D eigenvalue weighted by Gasteiger charge is -2.39. The van der Waals surface area contributed by atoms with E-state index in [0.717, 1.165) is 0 Å². The van der Waals surface area contributed by atoms with Crippen molar-refractivity contribution in [1.29, 1.82) is 0 Å². The largest absolute Gasteiger partial charge is 0.480 e. The predicted octanol–water partition coefficient (Wildman–Crippen LogP) is 1.50. The SMILES string of the molecule is CC(C)(C)OC(=O)N1CCN(c2ncccc2[N+](=O)[O-])[C@H](C(=O)O)C1. The Morgan fingerprint density at radius 3 is 2.64 bits per heavy atom. The van der Waals surface area contributed by atoms with Gasteiger partial charge >= 0.3 is 17.7 Å². The van der Waals surface area contributed by atoms with Crippen LogP contribution >= 0.6 is 0 Å². The number of aromatic nitrogens is 1. The van der Waals surface area contributed by atoms with Gasteiger partial charge in [-0.05, 0) is 26.8 Å². The highest BCUT2D eigenvalue weighted by atomic mass is 16.6. The average Bonchev–Trinajstić information content (AvgIpc) is 2.52. The molecule has 1 aliphatic heterocycles. The molecule has 10 heteroatoms. The van der Waals surface area contributed by atoms with Crippen LogP contribution in [0.4, 0.5) is 16.3 Å². The number of amides is 1. The molecule has 0 aliphatic carbocycles. The molecule has 136 valence electrons. The second-order valence-electron chi connectivity index (χ2n) is 6.58. The third kappa shape index (κ3) is 4.34. The summed E-state index contributed by atoms with van der Waals surface area (Å²) in [6.45, 7) is 5.26. The zero-order valence-electron chi connectivity index (χ0n) is 14.2. The van der Waals surface area contributed by atoms with E-state index in [-0.39, 0.29) is 31.1 Å². The van der Waals surface area contributed by atoms with E-state index in [0.29, 0.717) is 0 Å². The second kappa shape index (κ2) is 6.91. The summed E-state index contributed by atoms with van der Waals surface area (Å²) in [5.41, 5.74) is -0.980. The Bertz CT molecular complexity index is 687. The molecule has 1 aromatic rings. The number of anilines is 1. The topological polar surface area (TPSA) is 126 Å². The third-order valence-electron chi connectivity index (χ3n) is 3.55. The van der Waals surface area contributed by atoms with Crippen LogP contribution in [-0.4, -0.2) is 63.3 Å². The van der Waals surface area contributed by atoms with Gasteiger partial charge in [-0.2, -0.15) is 0 Å². The zero-order valence-corrected chi connectivity index (χ0v) is 14.2. The van der Waals surface area contributed by atoms with Crippen molar-refractivity contribution in [1.82, 2.24) is 9.88 Å². The minimum absolute atomic E-state index is 0.0243. The van der Waals surface area contributed by atoms with E-state index in [1.807, 2.05) is 0 Å². The normalized spacial score (nSPS) is 18.0. The zero-order chi connectivity index (χ0) is 18.8. The first-order chi connectivity index (χ1) is 11.6. The van der Waals surface area contributed by atoms with Gasteiger partial charge in [0.2, 0.25) is 5.82 Å². The number of piperazine rings is 1. The van der Waals surface area contributed by atoms with Crippen LogP contribution < -0.4 is 4.90 Å². The maximum absolute atomic E-state index is 12.2. The second-order valence-corrected chi connectivity index (χ2v) is 6.58. The summed E-state index contributed by atoms with van der Waals surface area (Å²) >= 11 is 0. The fraction of sp³-hybridized carbons (Fsp3) is 0.533. The lowest BCUT2D eigenvalue weighted by Crippen LogP contribution is -2.58. The highest BCUT2D eigenvalue weighted by Crippen LogP contribution is 2.28. The molecule has 0 spiro atoms. The van der Waals surface area contributed by atoms with E-state index in [1.165, 1.54) is 28.1 Å². The van der Waals surface area contributed by atoms with Crippen LogP contribution in [0.5, 0.6) is 0 Å². The Hall–Kier alpha value is -2.91. The van der Waals surface area contributed by atoms with Crippen molar-refractivity contribution in [2.24, 2.45) is 0 Å². The highest BCUT2D eigenvalue weighted by Gasteiger charge is 2.38. The van der Waals surface area contributed by atoms with Crippen molar-refractivity contribution in [2.75, 3.05) is 24.5 Å². The molecule has 0 radical (unpaired) electrons. The van der Waals surface area contributed by atoms with Crippen LogP contribution in [0.15, 0.2) is 18.3 Å². The number of carboxylic acids is 1. The van der Waals surface area contributed by atoms with Crippen molar-refractivity contribution in [3.63, 3.8) is 0 Å². The summed E-state index contributed by atoms with van der Waals surface area (Å²) in [7, 11) is 0. The number of rotatable bonds is 3. The summed E-state index contributed by atoms with van der Waals surface area (Å²) in [6.07, 6.45) is 0.746. The molecule has 1 aromatic heterocycles. The Morgan fingerprint density at radius 2 is 2.08 bits per heavy atom. The molecule has 0 aromatic carbocycles. The maximum Gasteiger partial charge on any atom is 0.410 e. The van der Waals surface area contributed by atoms with E-state index < -0.39 is 28.6 Å². The molecular weight excluding hydrogens is 332 g/mol. The van der Waals surface area contributed by atoms with E-state index in [1.54, 1.807) is 20.8 Å². The number of carbonyl (C=O) groups is 2. The molecule has 1 atom stereocenters. The molecular formula is C15H20N4O6. The summed E-state index contributed by atoms with van der Waals surface area (Å²) in [4.78, 5) is 41.0. The van der Waals surface area contributed by atoms with Crippen LogP contribution in [0, 0.1) is 10.1 Å². The first-order valence-electron chi connectivity index (χ1n) is 7.67. The summed E-state index contributed by atoms with van der Waals surface area (Å²) < 4.78 is 5.26. The Kier molecular flexibility index (Phi) is 5.10. The fourth-order valence-corrected chi connectivity index (χ4v) is 2.49. The van der Waals surface area contributed by atoms with Crippen molar-refractivity contribution in [3.8, 4) is 0 Å². The predicted molar refractivity (Wildman–Crippen MR) is 87.5 cm³/mol. The van der Waals surface area contributed by atoms with E-state index >= 15 is 0 Å². The molecule has 1 amide bonds. The van der Waals surface area contributed by atoms with Gasteiger partial charge < -0.3 is 19.6 Å². The van der Waals surface area contributed by atoms with Gasteiger partial charge in [-0.25, -0.2) is 14.6 Å². The number of nitro groups is 1. The monoisotopic (exact) mass is 352 g/mol. The van der Waals surface area contributed by atoms with Gasteiger partial charge in [0.25, 0.3) is 0 Å². The fourth-order valence-electron chi connectivity index (χ4n) is 2.49. The molecule has 0 unspecified atom stereocenters. The van der Waals surface area contributed by atoms with Crippen LogP contribution in [0.2, 0.25) is 0 Å². The van der Waals surface area contributed by atoms with Crippen LogP contribution in [0.1, 0.15) is 20.8 Å². The molecule has 0 bridgehead atoms. The standard InChI is InChI=1S/C15H20N4O6/c1-15(2,3)25-14(22)17-7-8-18(11(9-17)13(20)21)12-10(19(23)24)5-4-6-16-12/h4-6,11H,7-9H2,1-3H3,(H,20,21)/t11-/m0/s1. The maximum atomic E-state index is 12.2. The van der Waals surface area contributed by atoms with E-state index in [9.17, 15) is 24.8 Å². The molecule has 25 heavy (non-hydrogen) atoms.